The van der Waals surface area contributed by atoms with Crippen LogP contribution in [0.4, 0.5) is 0 Å². The smallest absolute Gasteiger partial charge is 0.0659 e. The van der Waals surface area contributed by atoms with Gasteiger partial charge in [0.1, 0.15) is 0 Å². The highest BCUT2D eigenvalue weighted by Crippen LogP contribution is 2.28. The molecule has 1 heterocycles. The number of nitrogens with two attached hydrogens (primary N) is 1. The van der Waals surface area contributed by atoms with Crippen molar-refractivity contribution in [3.63, 3.8) is 0 Å². The van der Waals surface area contributed by atoms with Crippen LogP contribution >= 0.6 is 0 Å². The van der Waals surface area contributed by atoms with Crippen LogP contribution < -0.4 is 5.73 Å². The molecule has 2 fully saturated rings. The van der Waals surface area contributed by atoms with Gasteiger partial charge in [-0.2, -0.15) is 0 Å². The maximum Gasteiger partial charge on any atom is 0.0659 e. The highest BCUT2D eigenvalue weighted by atomic mass is 16.5. The van der Waals surface area contributed by atoms with E-state index in [0.717, 1.165) is 38.1 Å². The summed E-state index contributed by atoms with van der Waals surface area (Å²) in [6.45, 7) is 4.94. The van der Waals surface area contributed by atoms with Crippen molar-refractivity contribution in [1.82, 2.24) is 4.90 Å². The zero-order valence-electron chi connectivity index (χ0n) is 10.7. The summed E-state index contributed by atoms with van der Waals surface area (Å²) in [5.74, 6) is 0.884. The van der Waals surface area contributed by atoms with Gasteiger partial charge >= 0.3 is 0 Å². The zero-order valence-corrected chi connectivity index (χ0v) is 10.7. The number of hydrogen-bond donors (Lipinski definition) is 1. The van der Waals surface area contributed by atoms with Crippen molar-refractivity contribution in [2.24, 2.45) is 11.7 Å². The molecule has 2 aliphatic rings. The Hall–Kier alpha value is -0.120. The predicted molar refractivity (Wildman–Crippen MR) is 66.4 cm³/mol. The zero-order chi connectivity index (χ0) is 11.6. The number of rotatable bonds is 3. The Morgan fingerprint density at radius 3 is 2.88 bits per heavy atom. The van der Waals surface area contributed by atoms with Crippen LogP contribution in [-0.4, -0.2) is 43.3 Å². The van der Waals surface area contributed by atoms with Crippen LogP contribution in [-0.2, 0) is 4.74 Å². The highest BCUT2D eigenvalue weighted by molar-refractivity contribution is 4.92. The van der Waals surface area contributed by atoms with Gasteiger partial charge in [-0.3, -0.25) is 0 Å². The second-order valence-electron chi connectivity index (χ2n) is 6.01. The second-order valence-corrected chi connectivity index (χ2v) is 6.01. The Morgan fingerprint density at radius 2 is 2.25 bits per heavy atom. The largest absolute Gasteiger partial charge is 0.379 e. The van der Waals surface area contributed by atoms with Crippen molar-refractivity contribution in [1.29, 1.82) is 0 Å². The average molecular weight is 226 g/mol. The minimum Gasteiger partial charge on any atom is -0.379 e. The van der Waals surface area contributed by atoms with Crippen molar-refractivity contribution in [2.45, 2.75) is 50.6 Å². The van der Waals surface area contributed by atoms with Gasteiger partial charge in [0.25, 0.3) is 0 Å². The summed E-state index contributed by atoms with van der Waals surface area (Å²) in [6, 6.07) is 0.741. The number of ether oxygens (including phenoxy) is 1. The first-order valence-electron chi connectivity index (χ1n) is 6.66. The van der Waals surface area contributed by atoms with Gasteiger partial charge in [0, 0.05) is 19.2 Å². The average Bonchev–Trinajstić information content (AvgIpc) is 2.65. The minimum atomic E-state index is -0.0879. The number of likely N-dealkylation sites (N-methyl/N-ethyl adjacent to an activating group) is 1. The third-order valence-electron chi connectivity index (χ3n) is 4.23. The first-order valence-corrected chi connectivity index (χ1v) is 6.66. The van der Waals surface area contributed by atoms with E-state index in [1.165, 1.54) is 25.7 Å². The second kappa shape index (κ2) is 5.03. The van der Waals surface area contributed by atoms with Crippen LogP contribution in [0.3, 0.4) is 0 Å². The van der Waals surface area contributed by atoms with Crippen LogP contribution in [0.5, 0.6) is 0 Å². The van der Waals surface area contributed by atoms with Gasteiger partial charge in [-0.25, -0.2) is 0 Å². The fraction of sp³-hybridized carbons (Fsp3) is 1.00. The lowest BCUT2D eigenvalue weighted by molar-refractivity contribution is 0.118. The summed E-state index contributed by atoms with van der Waals surface area (Å²) >= 11 is 0. The Kier molecular flexibility index (Phi) is 3.88. The van der Waals surface area contributed by atoms with Crippen molar-refractivity contribution < 1.29 is 4.74 Å². The minimum absolute atomic E-state index is 0.0879. The van der Waals surface area contributed by atoms with Crippen LogP contribution in [0, 0.1) is 5.92 Å². The van der Waals surface area contributed by atoms with Crippen LogP contribution in [0.15, 0.2) is 0 Å². The molecule has 1 aliphatic carbocycles. The van der Waals surface area contributed by atoms with Gasteiger partial charge in [0.15, 0.2) is 0 Å². The molecule has 0 amide bonds. The van der Waals surface area contributed by atoms with Gasteiger partial charge in [-0.1, -0.05) is 19.8 Å². The van der Waals surface area contributed by atoms with Gasteiger partial charge < -0.3 is 15.4 Å². The van der Waals surface area contributed by atoms with E-state index >= 15 is 0 Å². The summed E-state index contributed by atoms with van der Waals surface area (Å²) in [6.07, 6.45) is 6.48. The third-order valence-corrected chi connectivity index (χ3v) is 4.23. The van der Waals surface area contributed by atoms with Crippen molar-refractivity contribution in [3.05, 3.63) is 0 Å². The molecule has 3 nitrogen and oxygen atoms in total. The van der Waals surface area contributed by atoms with Gasteiger partial charge in [0.05, 0.1) is 12.1 Å². The van der Waals surface area contributed by atoms with E-state index in [1.54, 1.807) is 0 Å². The first kappa shape index (κ1) is 12.3. The molecule has 2 rings (SSSR count). The predicted octanol–water partition coefficient (Wildman–Crippen LogP) is 1.61. The normalized spacial score (nSPS) is 40.5. The third kappa shape index (κ3) is 2.96. The molecule has 1 saturated carbocycles. The van der Waals surface area contributed by atoms with E-state index in [1.807, 2.05) is 0 Å². The quantitative estimate of drug-likeness (QED) is 0.794. The Labute approximate surface area is 99.3 Å². The molecule has 1 saturated heterocycles. The molecule has 16 heavy (non-hydrogen) atoms. The summed E-state index contributed by atoms with van der Waals surface area (Å²) < 4.78 is 5.42. The molecule has 3 heteroatoms. The first-order chi connectivity index (χ1) is 7.59. The molecule has 94 valence electrons. The van der Waals surface area contributed by atoms with E-state index in [9.17, 15) is 0 Å². The van der Waals surface area contributed by atoms with Crippen molar-refractivity contribution in [3.8, 4) is 0 Å². The lowest BCUT2D eigenvalue weighted by Crippen LogP contribution is -2.52. The molecular formula is C13H26N2O. The van der Waals surface area contributed by atoms with E-state index in [-0.39, 0.29) is 5.54 Å². The van der Waals surface area contributed by atoms with E-state index < -0.39 is 0 Å². The van der Waals surface area contributed by atoms with Crippen LogP contribution in [0.2, 0.25) is 0 Å². The Balaban J connectivity index is 1.84. The Morgan fingerprint density at radius 1 is 1.44 bits per heavy atom. The van der Waals surface area contributed by atoms with Gasteiger partial charge in [-0.15, -0.1) is 0 Å². The fourth-order valence-electron chi connectivity index (χ4n) is 3.18. The van der Waals surface area contributed by atoms with Gasteiger partial charge in [0.2, 0.25) is 0 Å². The summed E-state index contributed by atoms with van der Waals surface area (Å²) in [5.41, 5.74) is 6.25. The molecular weight excluding hydrogens is 200 g/mol. The molecule has 0 aromatic carbocycles. The van der Waals surface area contributed by atoms with Crippen molar-refractivity contribution >= 4 is 0 Å². The summed E-state index contributed by atoms with van der Waals surface area (Å²) in [5, 5.41) is 0. The summed E-state index contributed by atoms with van der Waals surface area (Å²) in [7, 11) is 2.23. The Bertz CT molecular complexity index is 226. The van der Waals surface area contributed by atoms with Crippen LogP contribution in [0.25, 0.3) is 0 Å². The van der Waals surface area contributed by atoms with Crippen molar-refractivity contribution in [2.75, 3.05) is 26.8 Å². The van der Waals surface area contributed by atoms with E-state index in [4.69, 9.17) is 10.5 Å². The lowest BCUT2D eigenvalue weighted by atomic mass is 9.85. The molecule has 0 aromatic heterocycles. The van der Waals surface area contributed by atoms with E-state index in [2.05, 4.69) is 18.9 Å². The maximum absolute atomic E-state index is 6.33. The number of hydrogen-bond acceptors (Lipinski definition) is 3. The molecule has 3 unspecified atom stereocenters. The SMILES string of the molecule is CC1CCCC(N(C)CC2(N)CCOC2)C1. The van der Waals surface area contributed by atoms with E-state index in [0.29, 0.717) is 0 Å². The van der Waals surface area contributed by atoms with Gasteiger partial charge in [-0.05, 0) is 32.2 Å². The molecule has 0 radical (unpaired) electrons. The maximum atomic E-state index is 6.33. The molecule has 0 aromatic rings. The molecule has 3 atom stereocenters. The fourth-order valence-corrected chi connectivity index (χ4v) is 3.18. The van der Waals surface area contributed by atoms with Crippen LogP contribution in [0.1, 0.15) is 39.0 Å². The highest BCUT2D eigenvalue weighted by Gasteiger charge is 2.34. The molecule has 2 N–H and O–H groups in total. The molecule has 0 bridgehead atoms. The molecule has 0 spiro atoms. The summed E-state index contributed by atoms with van der Waals surface area (Å²) in [4.78, 5) is 2.48. The lowest BCUT2D eigenvalue weighted by Gasteiger charge is -2.38. The number of nitrogens with zero attached hydrogens (tertiary/aromatic N) is 1. The monoisotopic (exact) mass is 226 g/mol. The standard InChI is InChI=1S/C13H26N2O/c1-11-4-3-5-12(8-11)15(2)9-13(14)6-7-16-10-13/h11-12H,3-10,14H2,1-2H3. The molecule has 1 aliphatic heterocycles. The topological polar surface area (TPSA) is 38.5 Å².